The van der Waals surface area contributed by atoms with Crippen LogP contribution in [-0.4, -0.2) is 32.0 Å². The Balaban J connectivity index is 1.77. The molecular weight excluding hydrogens is 202 g/mol. The number of rotatable bonds is 5. The second-order valence-corrected chi connectivity index (χ2v) is 5.19. The number of nitrogens with two attached hydrogens (primary N) is 1. The number of hydrogen-bond donors (Lipinski definition) is 1. The van der Waals surface area contributed by atoms with Gasteiger partial charge < -0.3 is 15.2 Å². The van der Waals surface area contributed by atoms with E-state index in [-0.39, 0.29) is 0 Å². The van der Waals surface area contributed by atoms with E-state index in [1.165, 1.54) is 32.1 Å². The highest BCUT2D eigenvalue weighted by molar-refractivity contribution is 5.07. The van der Waals surface area contributed by atoms with Crippen LogP contribution in [0.2, 0.25) is 0 Å². The molecule has 0 aliphatic heterocycles. The molecule has 0 bridgehead atoms. The van der Waals surface area contributed by atoms with Crippen LogP contribution in [0.5, 0.6) is 0 Å². The normalized spacial score (nSPS) is 32.6. The van der Waals surface area contributed by atoms with Gasteiger partial charge in [0.25, 0.3) is 0 Å². The molecule has 2 aliphatic rings. The monoisotopic (exact) mass is 227 g/mol. The molecule has 2 unspecified atom stereocenters. The molecule has 0 radical (unpaired) electrons. The minimum Gasteiger partial charge on any atom is -0.379 e. The Labute approximate surface area is 98.7 Å². The Morgan fingerprint density at radius 2 is 1.94 bits per heavy atom. The molecule has 3 heteroatoms. The quantitative estimate of drug-likeness (QED) is 0.731. The van der Waals surface area contributed by atoms with E-state index in [2.05, 4.69) is 0 Å². The van der Waals surface area contributed by atoms with Gasteiger partial charge in [0.1, 0.15) is 0 Å². The summed E-state index contributed by atoms with van der Waals surface area (Å²) in [6.07, 6.45) is 8.04. The predicted molar refractivity (Wildman–Crippen MR) is 64.3 cm³/mol. The van der Waals surface area contributed by atoms with Crippen molar-refractivity contribution in [3.05, 3.63) is 0 Å². The first-order valence-electron chi connectivity index (χ1n) is 6.74. The van der Waals surface area contributed by atoms with Gasteiger partial charge in [0, 0.05) is 18.1 Å². The fraction of sp³-hybridized carbons (Fsp3) is 1.00. The van der Waals surface area contributed by atoms with Crippen LogP contribution in [0.4, 0.5) is 0 Å². The fourth-order valence-corrected chi connectivity index (χ4v) is 3.31. The Bertz CT molecular complexity index is 214. The summed E-state index contributed by atoms with van der Waals surface area (Å²) in [5, 5.41) is 0. The van der Waals surface area contributed by atoms with Crippen molar-refractivity contribution in [2.75, 3.05) is 19.8 Å². The molecule has 16 heavy (non-hydrogen) atoms. The van der Waals surface area contributed by atoms with Crippen molar-refractivity contribution >= 4 is 0 Å². The van der Waals surface area contributed by atoms with Crippen LogP contribution in [0.1, 0.15) is 45.4 Å². The van der Waals surface area contributed by atoms with Crippen molar-refractivity contribution in [1.82, 2.24) is 0 Å². The van der Waals surface area contributed by atoms with Crippen LogP contribution in [0, 0.1) is 5.41 Å². The highest BCUT2D eigenvalue weighted by atomic mass is 16.5. The largest absolute Gasteiger partial charge is 0.379 e. The molecule has 0 heterocycles. The molecule has 0 aromatic rings. The van der Waals surface area contributed by atoms with Gasteiger partial charge in [0.15, 0.2) is 0 Å². The van der Waals surface area contributed by atoms with Gasteiger partial charge in [-0.3, -0.25) is 0 Å². The summed E-state index contributed by atoms with van der Waals surface area (Å²) in [4.78, 5) is 0. The Hall–Kier alpha value is -0.120. The zero-order valence-electron chi connectivity index (χ0n) is 10.4. The smallest absolute Gasteiger partial charge is 0.0704 e. The van der Waals surface area contributed by atoms with Crippen molar-refractivity contribution in [1.29, 1.82) is 0 Å². The second-order valence-electron chi connectivity index (χ2n) is 5.19. The molecule has 2 N–H and O–H groups in total. The standard InChI is InChI=1S/C13H25NO2/c1-2-15-8-9-16-12-10-11(14)13(12)6-4-3-5-7-13/h11-12H,2-10,14H2,1H3. The Kier molecular flexibility index (Phi) is 4.22. The third-order valence-electron chi connectivity index (χ3n) is 4.38. The van der Waals surface area contributed by atoms with E-state index in [0.717, 1.165) is 26.2 Å². The molecule has 0 amide bonds. The van der Waals surface area contributed by atoms with Crippen LogP contribution < -0.4 is 5.73 Å². The van der Waals surface area contributed by atoms with Gasteiger partial charge in [0.2, 0.25) is 0 Å². The van der Waals surface area contributed by atoms with Gasteiger partial charge in [-0.1, -0.05) is 19.3 Å². The first-order chi connectivity index (χ1) is 7.79. The maximum absolute atomic E-state index is 6.20. The van der Waals surface area contributed by atoms with E-state index in [1.54, 1.807) is 0 Å². The van der Waals surface area contributed by atoms with Crippen LogP contribution >= 0.6 is 0 Å². The van der Waals surface area contributed by atoms with E-state index >= 15 is 0 Å². The van der Waals surface area contributed by atoms with E-state index in [0.29, 0.717) is 17.6 Å². The van der Waals surface area contributed by atoms with Crippen molar-refractivity contribution in [2.45, 2.75) is 57.6 Å². The van der Waals surface area contributed by atoms with Gasteiger partial charge in [-0.2, -0.15) is 0 Å². The molecule has 1 spiro atoms. The maximum Gasteiger partial charge on any atom is 0.0704 e. The average Bonchev–Trinajstić information content (AvgIpc) is 2.34. The molecule has 0 aromatic heterocycles. The van der Waals surface area contributed by atoms with E-state index in [4.69, 9.17) is 15.2 Å². The Morgan fingerprint density at radius 3 is 2.56 bits per heavy atom. The van der Waals surface area contributed by atoms with Crippen molar-refractivity contribution in [2.24, 2.45) is 11.1 Å². The summed E-state index contributed by atoms with van der Waals surface area (Å²) in [6, 6.07) is 0.380. The summed E-state index contributed by atoms with van der Waals surface area (Å²) in [5.41, 5.74) is 6.52. The van der Waals surface area contributed by atoms with Crippen LogP contribution in [0.25, 0.3) is 0 Å². The first-order valence-corrected chi connectivity index (χ1v) is 6.74. The molecule has 2 aliphatic carbocycles. The van der Waals surface area contributed by atoms with Gasteiger partial charge in [-0.25, -0.2) is 0 Å². The van der Waals surface area contributed by atoms with Gasteiger partial charge in [0.05, 0.1) is 19.3 Å². The molecule has 2 saturated carbocycles. The van der Waals surface area contributed by atoms with E-state index in [1.807, 2.05) is 6.92 Å². The lowest BCUT2D eigenvalue weighted by Crippen LogP contribution is -2.63. The average molecular weight is 227 g/mol. The third kappa shape index (κ3) is 2.27. The Morgan fingerprint density at radius 1 is 1.19 bits per heavy atom. The van der Waals surface area contributed by atoms with Crippen LogP contribution in [-0.2, 0) is 9.47 Å². The number of ether oxygens (including phenoxy) is 2. The molecule has 2 rings (SSSR count). The zero-order valence-corrected chi connectivity index (χ0v) is 10.4. The summed E-state index contributed by atoms with van der Waals surface area (Å²) in [7, 11) is 0. The number of hydrogen-bond acceptors (Lipinski definition) is 3. The summed E-state index contributed by atoms with van der Waals surface area (Å²) in [5.74, 6) is 0. The van der Waals surface area contributed by atoms with Gasteiger partial charge in [-0.15, -0.1) is 0 Å². The lowest BCUT2D eigenvalue weighted by atomic mass is 9.55. The molecular formula is C13H25NO2. The molecule has 94 valence electrons. The summed E-state index contributed by atoms with van der Waals surface area (Å²) >= 11 is 0. The maximum atomic E-state index is 6.20. The molecule has 3 nitrogen and oxygen atoms in total. The van der Waals surface area contributed by atoms with Crippen molar-refractivity contribution < 1.29 is 9.47 Å². The van der Waals surface area contributed by atoms with E-state index in [9.17, 15) is 0 Å². The van der Waals surface area contributed by atoms with Crippen molar-refractivity contribution in [3.8, 4) is 0 Å². The predicted octanol–water partition coefficient (Wildman–Crippen LogP) is 2.09. The van der Waals surface area contributed by atoms with Crippen LogP contribution in [0.15, 0.2) is 0 Å². The minimum atomic E-state index is 0.324. The second kappa shape index (κ2) is 5.48. The molecule has 2 atom stereocenters. The zero-order chi connectivity index (χ0) is 11.4. The summed E-state index contributed by atoms with van der Waals surface area (Å²) in [6.45, 7) is 4.24. The minimum absolute atomic E-state index is 0.324. The summed E-state index contributed by atoms with van der Waals surface area (Å²) < 4.78 is 11.2. The van der Waals surface area contributed by atoms with Gasteiger partial charge in [-0.05, 0) is 26.2 Å². The topological polar surface area (TPSA) is 44.5 Å². The lowest BCUT2D eigenvalue weighted by molar-refractivity contribution is -0.150. The van der Waals surface area contributed by atoms with Crippen LogP contribution in [0.3, 0.4) is 0 Å². The molecule has 0 saturated heterocycles. The molecule has 2 fully saturated rings. The van der Waals surface area contributed by atoms with E-state index < -0.39 is 0 Å². The van der Waals surface area contributed by atoms with Gasteiger partial charge >= 0.3 is 0 Å². The first kappa shape index (κ1) is 12.3. The SMILES string of the molecule is CCOCCOC1CC(N)C12CCCCC2. The fourth-order valence-electron chi connectivity index (χ4n) is 3.31. The third-order valence-corrected chi connectivity index (χ3v) is 4.38. The highest BCUT2D eigenvalue weighted by Gasteiger charge is 2.53. The highest BCUT2D eigenvalue weighted by Crippen LogP contribution is 2.52. The molecule has 0 aromatic carbocycles. The lowest BCUT2D eigenvalue weighted by Gasteiger charge is -2.56. The van der Waals surface area contributed by atoms with Crippen molar-refractivity contribution in [3.63, 3.8) is 0 Å².